The second kappa shape index (κ2) is 12.8. The highest BCUT2D eigenvalue weighted by Gasteiger charge is 2.32. The Labute approximate surface area is 260 Å². The molecule has 2 N–H and O–H groups in total. The standard InChI is InChI=1S/C15H21N3O2.C13H6Cl3F2NO2S/c1-10-12-8-13(14(19)7-11(12)9-17(10)3)18-6-4-5-16(2)15(18)20;14-7-2-1-3-8(15)11(7)22-9-4-10(13(16,17)18)19-12(21)6(9)5-20/h7-8,10,19H,4-6,9H2,1-3H3;1-5H,(H,19,21). The van der Waals surface area contributed by atoms with Crippen molar-refractivity contribution in [3.8, 4) is 5.75 Å². The highest BCUT2D eigenvalue weighted by Crippen LogP contribution is 2.42. The van der Waals surface area contributed by atoms with Crippen LogP contribution in [0.2, 0.25) is 10.0 Å². The monoisotopic (exact) mass is 658 g/mol. The predicted octanol–water partition coefficient (Wildman–Crippen LogP) is 7.09. The quantitative estimate of drug-likeness (QED) is 0.224. The third-order valence-corrected chi connectivity index (χ3v) is 9.34. The number of hydrogen-bond acceptors (Lipinski definition) is 6. The third-order valence-electron chi connectivity index (χ3n) is 7.08. The fourth-order valence-electron chi connectivity index (χ4n) is 4.69. The van der Waals surface area contributed by atoms with E-state index in [4.69, 9.17) is 34.8 Å². The molecule has 2 aliphatic heterocycles. The molecule has 1 aromatic heterocycles. The average Bonchev–Trinajstić information content (AvgIpc) is 3.19. The first kappa shape index (κ1) is 32.1. The minimum Gasteiger partial charge on any atom is -0.506 e. The van der Waals surface area contributed by atoms with E-state index in [1.807, 2.05) is 17.1 Å². The number of pyridine rings is 1. The number of alkyl halides is 3. The Morgan fingerprint density at radius 2 is 1.79 bits per heavy atom. The van der Waals surface area contributed by atoms with Crippen molar-refractivity contribution in [2.24, 2.45) is 0 Å². The smallest absolute Gasteiger partial charge is 0.362 e. The van der Waals surface area contributed by atoms with E-state index in [1.54, 1.807) is 35.0 Å². The van der Waals surface area contributed by atoms with E-state index in [0.29, 0.717) is 23.2 Å². The van der Waals surface area contributed by atoms with Gasteiger partial charge in [-0.15, -0.1) is 0 Å². The molecule has 224 valence electrons. The van der Waals surface area contributed by atoms with E-state index in [0.717, 1.165) is 42.9 Å². The van der Waals surface area contributed by atoms with Crippen LogP contribution in [-0.4, -0.2) is 59.4 Å². The molecular formula is C28H27Cl3F2N4O4S. The topological polar surface area (TPSA) is 96.9 Å². The van der Waals surface area contributed by atoms with Gasteiger partial charge in [0.25, 0.3) is 5.56 Å². The SMILES string of the molecule is CC1c2cc(N3CCCN(C)C3=O)c(O)cc2CN1C.O=Cc1c(Sc2c(Cl)cccc2Cl)cc(C(F)(F)Cl)[nH]c1=O. The summed E-state index contributed by atoms with van der Waals surface area (Å²) < 4.78 is 26.4. The number of nitrogens with one attached hydrogen (secondary N) is 1. The summed E-state index contributed by atoms with van der Waals surface area (Å²) in [5, 5.41) is 7.01. The molecule has 0 saturated carbocycles. The van der Waals surface area contributed by atoms with Gasteiger partial charge in [-0.05, 0) is 73.5 Å². The molecule has 1 atom stereocenters. The largest absolute Gasteiger partial charge is 0.506 e. The summed E-state index contributed by atoms with van der Waals surface area (Å²) in [4.78, 5) is 42.8. The van der Waals surface area contributed by atoms with Crippen molar-refractivity contribution in [2.75, 3.05) is 32.1 Å². The number of aromatic hydroxyl groups is 1. The van der Waals surface area contributed by atoms with Crippen molar-refractivity contribution in [1.29, 1.82) is 0 Å². The van der Waals surface area contributed by atoms with Crippen LogP contribution in [0.25, 0.3) is 0 Å². The number of aromatic nitrogens is 1. The molecule has 5 rings (SSSR count). The van der Waals surface area contributed by atoms with Crippen molar-refractivity contribution in [1.82, 2.24) is 14.8 Å². The Bertz CT molecular complexity index is 1560. The molecule has 3 heterocycles. The molecule has 1 unspecified atom stereocenters. The number of urea groups is 1. The number of fused-ring (bicyclic) bond motifs is 1. The number of nitrogens with zero attached hydrogens (tertiary/aromatic N) is 3. The number of phenols is 1. The minimum absolute atomic E-state index is 0.0240. The molecule has 0 spiro atoms. The first-order valence-corrected chi connectivity index (χ1v) is 14.7. The van der Waals surface area contributed by atoms with E-state index < -0.39 is 16.6 Å². The van der Waals surface area contributed by atoms with Crippen LogP contribution >= 0.6 is 46.6 Å². The predicted molar refractivity (Wildman–Crippen MR) is 161 cm³/mol. The van der Waals surface area contributed by atoms with Gasteiger partial charge in [0, 0.05) is 42.5 Å². The average molecular weight is 660 g/mol. The summed E-state index contributed by atoms with van der Waals surface area (Å²) in [6.07, 6.45) is 1.19. The van der Waals surface area contributed by atoms with Gasteiger partial charge in [0.15, 0.2) is 6.29 Å². The molecule has 1 saturated heterocycles. The summed E-state index contributed by atoms with van der Waals surface area (Å²) in [6.45, 7) is 4.44. The number of phenolic OH excluding ortho intramolecular Hbond substituents is 1. The number of amides is 2. The summed E-state index contributed by atoms with van der Waals surface area (Å²) in [6, 6.07) is 9.69. The van der Waals surface area contributed by atoms with Gasteiger partial charge >= 0.3 is 11.4 Å². The van der Waals surface area contributed by atoms with Crippen LogP contribution in [0.4, 0.5) is 19.3 Å². The Morgan fingerprint density at radius 1 is 1.12 bits per heavy atom. The maximum absolute atomic E-state index is 13.2. The van der Waals surface area contributed by atoms with Gasteiger partial charge < -0.3 is 15.0 Å². The van der Waals surface area contributed by atoms with Gasteiger partial charge in [-0.1, -0.05) is 41.0 Å². The minimum atomic E-state index is -3.78. The summed E-state index contributed by atoms with van der Waals surface area (Å²) >= 11 is 17.7. The lowest BCUT2D eigenvalue weighted by molar-refractivity contribution is 0.0891. The van der Waals surface area contributed by atoms with Crippen molar-refractivity contribution in [2.45, 2.75) is 41.1 Å². The normalized spacial score (nSPS) is 17.1. The zero-order chi connectivity index (χ0) is 30.9. The van der Waals surface area contributed by atoms with Crippen molar-refractivity contribution in [3.63, 3.8) is 0 Å². The highest BCUT2D eigenvalue weighted by atomic mass is 35.5. The zero-order valence-corrected chi connectivity index (χ0v) is 25.8. The summed E-state index contributed by atoms with van der Waals surface area (Å²) in [7, 11) is 3.87. The number of aldehydes is 1. The van der Waals surface area contributed by atoms with Gasteiger partial charge in [0.1, 0.15) is 11.4 Å². The Hall–Kier alpha value is -2.83. The second-order valence-corrected chi connectivity index (χ2v) is 12.2. The van der Waals surface area contributed by atoms with Crippen LogP contribution in [0, 0.1) is 0 Å². The third kappa shape index (κ3) is 6.70. The van der Waals surface area contributed by atoms with Gasteiger partial charge in [0.05, 0.1) is 21.3 Å². The first-order chi connectivity index (χ1) is 19.7. The number of anilines is 1. The van der Waals surface area contributed by atoms with Crippen molar-refractivity contribution >= 4 is 64.6 Å². The molecular weight excluding hydrogens is 633 g/mol. The maximum Gasteiger partial charge on any atom is 0.362 e. The molecule has 2 amide bonds. The van der Waals surface area contributed by atoms with Crippen LogP contribution < -0.4 is 10.5 Å². The Kier molecular flexibility index (Phi) is 9.79. The number of hydrogen-bond donors (Lipinski definition) is 2. The molecule has 0 radical (unpaired) electrons. The number of halogens is 5. The fourth-order valence-corrected chi connectivity index (χ4v) is 6.40. The summed E-state index contributed by atoms with van der Waals surface area (Å²) in [5.41, 5.74) is 0.891. The number of rotatable bonds is 5. The number of carbonyl (C=O) groups is 2. The van der Waals surface area contributed by atoms with E-state index in [9.17, 15) is 28.3 Å². The van der Waals surface area contributed by atoms with Crippen molar-refractivity contribution in [3.05, 3.63) is 79.2 Å². The molecule has 0 aliphatic carbocycles. The lowest BCUT2D eigenvalue weighted by Crippen LogP contribution is -2.47. The van der Waals surface area contributed by atoms with Crippen LogP contribution in [0.1, 0.15) is 46.6 Å². The maximum atomic E-state index is 13.2. The van der Waals surface area contributed by atoms with Gasteiger partial charge in [-0.25, -0.2) is 4.79 Å². The Morgan fingerprint density at radius 3 is 2.40 bits per heavy atom. The van der Waals surface area contributed by atoms with Gasteiger partial charge in [0.2, 0.25) is 0 Å². The van der Waals surface area contributed by atoms with Gasteiger partial charge in [-0.3, -0.25) is 19.4 Å². The van der Waals surface area contributed by atoms with Crippen LogP contribution in [0.15, 0.2) is 51.0 Å². The molecule has 3 aromatic rings. The summed E-state index contributed by atoms with van der Waals surface area (Å²) in [5.74, 6) is 0.204. The van der Waals surface area contributed by atoms with E-state index >= 15 is 0 Å². The first-order valence-electron chi connectivity index (χ1n) is 12.7. The number of benzene rings is 2. The molecule has 14 heteroatoms. The zero-order valence-electron chi connectivity index (χ0n) is 22.8. The number of carbonyl (C=O) groups excluding carboxylic acids is 2. The number of H-pyrrole nitrogens is 1. The molecule has 8 nitrogen and oxygen atoms in total. The van der Waals surface area contributed by atoms with E-state index in [2.05, 4.69) is 18.9 Å². The lowest BCUT2D eigenvalue weighted by atomic mass is 10.0. The van der Waals surface area contributed by atoms with Crippen LogP contribution in [0.3, 0.4) is 0 Å². The molecule has 0 bridgehead atoms. The van der Waals surface area contributed by atoms with E-state index in [-0.39, 0.29) is 38.6 Å². The molecule has 42 heavy (non-hydrogen) atoms. The lowest BCUT2D eigenvalue weighted by Gasteiger charge is -2.34. The molecule has 2 aromatic carbocycles. The molecule has 2 aliphatic rings. The second-order valence-electron chi connectivity index (χ2n) is 9.90. The fraction of sp³-hybridized carbons (Fsp3) is 0.321. The number of aromatic amines is 1. The van der Waals surface area contributed by atoms with Crippen LogP contribution in [-0.2, 0) is 11.9 Å². The molecule has 1 fully saturated rings. The Balaban J connectivity index is 0.000000193. The van der Waals surface area contributed by atoms with Gasteiger partial charge in [-0.2, -0.15) is 8.78 Å². The van der Waals surface area contributed by atoms with Crippen molar-refractivity contribution < 1.29 is 23.5 Å². The van der Waals surface area contributed by atoms with Crippen LogP contribution in [0.5, 0.6) is 5.75 Å². The van der Waals surface area contributed by atoms with E-state index in [1.165, 1.54) is 5.56 Å². The highest BCUT2D eigenvalue weighted by molar-refractivity contribution is 7.99.